The molecule has 0 saturated heterocycles. The third-order valence-electron chi connectivity index (χ3n) is 4.14. The Balaban J connectivity index is 1.95. The Bertz CT molecular complexity index is 891. The number of aryl methyl sites for hydroxylation is 2. The summed E-state index contributed by atoms with van der Waals surface area (Å²) in [5.41, 5.74) is 6.83. The summed E-state index contributed by atoms with van der Waals surface area (Å²) < 4.78 is 7.51. The van der Waals surface area contributed by atoms with Crippen molar-refractivity contribution in [3.8, 4) is 11.4 Å². The molecular formula is C21H22N2O. The predicted molar refractivity (Wildman–Crippen MR) is 100 cm³/mol. The van der Waals surface area contributed by atoms with Crippen LogP contribution in [0, 0.1) is 20.8 Å². The van der Waals surface area contributed by atoms with E-state index in [2.05, 4.69) is 60.7 Å². The molecule has 3 nitrogen and oxygen atoms in total. The van der Waals surface area contributed by atoms with Gasteiger partial charge in [-0.05, 0) is 56.7 Å². The van der Waals surface area contributed by atoms with E-state index >= 15 is 0 Å². The van der Waals surface area contributed by atoms with Crippen molar-refractivity contribution in [2.45, 2.75) is 20.8 Å². The lowest BCUT2D eigenvalue weighted by atomic mass is 10.2. The zero-order chi connectivity index (χ0) is 17.1. The summed E-state index contributed by atoms with van der Waals surface area (Å²) in [4.78, 5) is 4.59. The van der Waals surface area contributed by atoms with Crippen LogP contribution in [-0.2, 0) is 0 Å². The molecule has 0 radical (unpaired) electrons. The smallest absolute Gasteiger partial charge is 0.121 e. The molecule has 0 aliphatic heterocycles. The monoisotopic (exact) mass is 318 g/mol. The maximum atomic E-state index is 5.24. The molecule has 122 valence electrons. The summed E-state index contributed by atoms with van der Waals surface area (Å²) in [6.07, 6.45) is 1.92. The van der Waals surface area contributed by atoms with E-state index in [1.807, 2.05) is 30.5 Å². The first-order valence-corrected chi connectivity index (χ1v) is 8.02. The molecule has 0 amide bonds. The summed E-state index contributed by atoms with van der Waals surface area (Å²) in [7, 11) is 1.66. The molecule has 0 atom stereocenters. The van der Waals surface area contributed by atoms with Gasteiger partial charge in [-0.15, -0.1) is 0 Å². The van der Waals surface area contributed by atoms with Gasteiger partial charge in [-0.2, -0.15) is 0 Å². The summed E-state index contributed by atoms with van der Waals surface area (Å²) in [6.45, 7) is 6.36. The van der Waals surface area contributed by atoms with Crippen LogP contribution in [-0.4, -0.2) is 17.9 Å². The second-order valence-electron chi connectivity index (χ2n) is 5.96. The van der Waals surface area contributed by atoms with Crippen LogP contribution in [0.25, 0.3) is 5.69 Å². The van der Waals surface area contributed by atoms with E-state index in [0.717, 1.165) is 17.0 Å². The van der Waals surface area contributed by atoms with Gasteiger partial charge in [0, 0.05) is 34.9 Å². The second-order valence-corrected chi connectivity index (χ2v) is 5.96. The van der Waals surface area contributed by atoms with Crippen molar-refractivity contribution in [1.82, 2.24) is 4.57 Å². The Morgan fingerprint density at radius 3 is 2.50 bits per heavy atom. The minimum absolute atomic E-state index is 0.815. The van der Waals surface area contributed by atoms with Gasteiger partial charge in [-0.3, -0.25) is 4.99 Å². The van der Waals surface area contributed by atoms with Crippen molar-refractivity contribution in [3.05, 3.63) is 77.1 Å². The standard InChI is InChI=1S/C21H22N2O/c1-15-7-5-9-20(11-15)23-16(2)12-18(17(23)3)14-22-19-8-6-10-21(13-19)24-4/h5-14H,1-4H3. The zero-order valence-corrected chi connectivity index (χ0v) is 14.6. The average Bonchev–Trinajstić information content (AvgIpc) is 2.87. The zero-order valence-electron chi connectivity index (χ0n) is 14.6. The molecule has 0 aliphatic rings. The number of ether oxygens (including phenoxy) is 1. The number of benzene rings is 2. The van der Waals surface area contributed by atoms with E-state index in [1.165, 1.54) is 22.6 Å². The van der Waals surface area contributed by atoms with Crippen molar-refractivity contribution < 1.29 is 4.74 Å². The molecule has 3 rings (SSSR count). The van der Waals surface area contributed by atoms with Crippen LogP contribution in [0.4, 0.5) is 5.69 Å². The van der Waals surface area contributed by atoms with Crippen LogP contribution >= 0.6 is 0 Å². The van der Waals surface area contributed by atoms with Crippen molar-refractivity contribution in [3.63, 3.8) is 0 Å². The number of aliphatic imine (C=N–C) groups is 1. The van der Waals surface area contributed by atoms with Crippen molar-refractivity contribution in [2.24, 2.45) is 4.99 Å². The summed E-state index contributed by atoms with van der Waals surface area (Å²) >= 11 is 0. The predicted octanol–water partition coefficient (Wildman–Crippen LogP) is 5.16. The molecule has 1 aromatic heterocycles. The molecular weight excluding hydrogens is 296 g/mol. The molecule has 0 unspecified atom stereocenters. The lowest BCUT2D eigenvalue weighted by Gasteiger charge is -2.10. The van der Waals surface area contributed by atoms with E-state index in [0.29, 0.717) is 0 Å². The molecule has 0 bridgehead atoms. The van der Waals surface area contributed by atoms with Gasteiger partial charge in [0.15, 0.2) is 0 Å². The highest BCUT2D eigenvalue weighted by Gasteiger charge is 2.09. The highest BCUT2D eigenvalue weighted by Crippen LogP contribution is 2.23. The normalized spacial score (nSPS) is 11.2. The summed E-state index contributed by atoms with van der Waals surface area (Å²) in [5, 5.41) is 0. The minimum atomic E-state index is 0.815. The van der Waals surface area contributed by atoms with E-state index < -0.39 is 0 Å². The third kappa shape index (κ3) is 3.25. The second kappa shape index (κ2) is 6.75. The summed E-state index contributed by atoms with van der Waals surface area (Å²) in [6, 6.07) is 18.5. The van der Waals surface area contributed by atoms with Gasteiger partial charge in [-0.25, -0.2) is 0 Å². The van der Waals surface area contributed by atoms with Crippen LogP contribution in [0.3, 0.4) is 0 Å². The first-order valence-electron chi connectivity index (χ1n) is 8.02. The fourth-order valence-electron chi connectivity index (χ4n) is 2.92. The topological polar surface area (TPSA) is 26.5 Å². The Morgan fingerprint density at radius 2 is 1.75 bits per heavy atom. The molecule has 0 aliphatic carbocycles. The SMILES string of the molecule is COc1cccc(N=Cc2cc(C)n(-c3cccc(C)c3)c2C)c1. The van der Waals surface area contributed by atoms with E-state index in [9.17, 15) is 0 Å². The Morgan fingerprint density at radius 1 is 0.958 bits per heavy atom. The van der Waals surface area contributed by atoms with Gasteiger partial charge in [0.25, 0.3) is 0 Å². The van der Waals surface area contributed by atoms with Crippen LogP contribution < -0.4 is 4.74 Å². The molecule has 1 heterocycles. The van der Waals surface area contributed by atoms with Crippen LogP contribution in [0.15, 0.2) is 59.6 Å². The first kappa shape index (κ1) is 16.1. The van der Waals surface area contributed by atoms with Crippen LogP contribution in [0.5, 0.6) is 5.75 Å². The maximum absolute atomic E-state index is 5.24. The van der Waals surface area contributed by atoms with Gasteiger partial charge in [0.05, 0.1) is 12.8 Å². The average molecular weight is 318 g/mol. The van der Waals surface area contributed by atoms with Crippen molar-refractivity contribution >= 4 is 11.9 Å². The molecule has 2 aromatic carbocycles. The maximum Gasteiger partial charge on any atom is 0.121 e. The number of methoxy groups -OCH3 is 1. The first-order chi connectivity index (χ1) is 11.6. The number of hydrogen-bond donors (Lipinski definition) is 0. The van der Waals surface area contributed by atoms with Gasteiger partial charge >= 0.3 is 0 Å². The molecule has 24 heavy (non-hydrogen) atoms. The Labute approximate surface area is 143 Å². The van der Waals surface area contributed by atoms with E-state index in [-0.39, 0.29) is 0 Å². The van der Waals surface area contributed by atoms with Crippen LogP contribution in [0.1, 0.15) is 22.5 Å². The van der Waals surface area contributed by atoms with Gasteiger partial charge in [-0.1, -0.05) is 18.2 Å². The molecule has 3 aromatic rings. The highest BCUT2D eigenvalue weighted by molar-refractivity contribution is 5.84. The lowest BCUT2D eigenvalue weighted by molar-refractivity contribution is 0.415. The van der Waals surface area contributed by atoms with Gasteiger partial charge in [0.1, 0.15) is 5.75 Å². The fourth-order valence-corrected chi connectivity index (χ4v) is 2.92. The van der Waals surface area contributed by atoms with Crippen molar-refractivity contribution in [2.75, 3.05) is 7.11 Å². The Hall–Kier alpha value is -2.81. The van der Waals surface area contributed by atoms with Gasteiger partial charge < -0.3 is 9.30 Å². The number of rotatable bonds is 4. The largest absolute Gasteiger partial charge is 0.497 e. The quantitative estimate of drug-likeness (QED) is 0.610. The summed E-state index contributed by atoms with van der Waals surface area (Å²) in [5.74, 6) is 0.815. The minimum Gasteiger partial charge on any atom is -0.497 e. The van der Waals surface area contributed by atoms with Crippen molar-refractivity contribution in [1.29, 1.82) is 0 Å². The molecule has 0 saturated carbocycles. The Kier molecular flexibility index (Phi) is 4.52. The van der Waals surface area contributed by atoms with E-state index in [1.54, 1.807) is 7.11 Å². The third-order valence-corrected chi connectivity index (χ3v) is 4.14. The number of nitrogens with zero attached hydrogens (tertiary/aromatic N) is 2. The van der Waals surface area contributed by atoms with Crippen LogP contribution in [0.2, 0.25) is 0 Å². The highest BCUT2D eigenvalue weighted by atomic mass is 16.5. The number of aromatic nitrogens is 1. The molecule has 0 spiro atoms. The fraction of sp³-hybridized carbons (Fsp3) is 0.190. The lowest BCUT2D eigenvalue weighted by Crippen LogP contribution is -1.99. The number of hydrogen-bond acceptors (Lipinski definition) is 2. The van der Waals surface area contributed by atoms with Gasteiger partial charge in [0.2, 0.25) is 0 Å². The molecule has 0 N–H and O–H groups in total. The molecule has 0 fully saturated rings. The van der Waals surface area contributed by atoms with E-state index in [4.69, 9.17) is 4.74 Å². The molecule has 3 heteroatoms.